The van der Waals surface area contributed by atoms with Gasteiger partial charge in [-0.15, -0.1) is 0 Å². The van der Waals surface area contributed by atoms with Gasteiger partial charge in [0, 0.05) is 62.4 Å². The zero-order valence-electron chi connectivity index (χ0n) is 27.9. The summed E-state index contributed by atoms with van der Waals surface area (Å²) in [6.07, 6.45) is 17.2. The molecule has 8 heteroatoms. The molecule has 246 valence electrons. The summed E-state index contributed by atoms with van der Waals surface area (Å²) in [7, 11) is -1.84. The molecule has 3 heterocycles. The predicted molar refractivity (Wildman–Crippen MR) is 176 cm³/mol. The summed E-state index contributed by atoms with van der Waals surface area (Å²) >= 11 is 0. The summed E-state index contributed by atoms with van der Waals surface area (Å²) in [4.78, 5) is 0. The Kier molecular flexibility index (Phi) is 20.7. The van der Waals surface area contributed by atoms with Crippen LogP contribution in [-0.2, 0) is 28.1 Å². The molecular formula is C34H66O6Si2. The lowest BCUT2D eigenvalue weighted by Crippen LogP contribution is -2.45. The van der Waals surface area contributed by atoms with Gasteiger partial charge in [0.05, 0.1) is 31.5 Å². The summed E-state index contributed by atoms with van der Waals surface area (Å²) in [6, 6.07) is 3.86. The minimum Gasteiger partial charge on any atom is -0.417 e. The molecule has 3 aliphatic heterocycles. The van der Waals surface area contributed by atoms with Crippen molar-refractivity contribution in [3.63, 3.8) is 0 Å². The molecule has 0 aromatic heterocycles. The Labute approximate surface area is 265 Å². The van der Waals surface area contributed by atoms with Crippen molar-refractivity contribution in [1.29, 1.82) is 0 Å². The molecule has 42 heavy (non-hydrogen) atoms. The van der Waals surface area contributed by atoms with E-state index < -0.39 is 8.32 Å². The van der Waals surface area contributed by atoms with Crippen LogP contribution in [0.3, 0.4) is 0 Å². The second-order valence-corrected chi connectivity index (χ2v) is 17.1. The summed E-state index contributed by atoms with van der Waals surface area (Å²) in [5, 5.41) is 0. The monoisotopic (exact) mass is 626 g/mol. The zero-order valence-corrected chi connectivity index (χ0v) is 29.9. The first-order chi connectivity index (χ1) is 20.1. The highest BCUT2D eigenvalue weighted by atomic mass is 28.4. The van der Waals surface area contributed by atoms with E-state index in [0.29, 0.717) is 36.1 Å². The molecule has 3 fully saturated rings. The molecule has 3 saturated heterocycles. The SMILES string of the molecule is CCCC(C[Si](CCCCCOCC(CC)C1CCO1)(CCCCCOCC(CC)C1CCO1)OCC)C1CCO1.[Si]. The van der Waals surface area contributed by atoms with Crippen LogP contribution in [-0.4, -0.2) is 90.4 Å². The third kappa shape index (κ3) is 13.3. The van der Waals surface area contributed by atoms with Crippen LogP contribution in [0.5, 0.6) is 0 Å². The van der Waals surface area contributed by atoms with E-state index in [9.17, 15) is 0 Å². The maximum atomic E-state index is 6.86. The van der Waals surface area contributed by atoms with Crippen LogP contribution < -0.4 is 0 Å². The first-order valence-electron chi connectivity index (χ1n) is 17.8. The Bertz CT molecular complexity index is 608. The molecule has 3 aliphatic rings. The van der Waals surface area contributed by atoms with Gasteiger partial charge in [-0.05, 0) is 82.3 Å². The highest BCUT2D eigenvalue weighted by molar-refractivity contribution is 6.73. The van der Waals surface area contributed by atoms with E-state index in [-0.39, 0.29) is 11.0 Å². The standard InChI is InChI=1S/C34H66O6Si.Si/c1-5-15-31(34-18-23-39-34)28-41(40-8-4,24-13-9-11-19-35-26-29(6-2)32-16-21-37-32)25-14-10-12-20-36-27-30(7-3)33-17-22-38-33;/h29-34H,5-28H2,1-4H3;. The largest absolute Gasteiger partial charge is 0.417 e. The fourth-order valence-electron chi connectivity index (χ4n) is 7.09. The fourth-order valence-corrected chi connectivity index (χ4v) is 12.0. The normalized spacial score (nSPS) is 25.3. The lowest BCUT2D eigenvalue weighted by molar-refractivity contribution is -0.103. The summed E-state index contributed by atoms with van der Waals surface area (Å²) in [5.41, 5.74) is 0. The Hall–Kier alpha value is 0.194. The Morgan fingerprint density at radius 2 is 1.10 bits per heavy atom. The highest BCUT2D eigenvalue weighted by Crippen LogP contribution is 2.37. The van der Waals surface area contributed by atoms with Crippen molar-refractivity contribution >= 4 is 19.3 Å². The van der Waals surface area contributed by atoms with E-state index in [2.05, 4.69) is 27.7 Å². The molecule has 6 nitrogen and oxygen atoms in total. The maximum absolute atomic E-state index is 6.86. The van der Waals surface area contributed by atoms with Gasteiger partial charge >= 0.3 is 0 Å². The molecule has 0 bridgehead atoms. The minimum absolute atomic E-state index is 0. The molecule has 0 aromatic rings. The Balaban J connectivity index is 0.00000616. The second kappa shape index (κ2) is 22.7. The molecule has 4 radical (unpaired) electrons. The van der Waals surface area contributed by atoms with Crippen molar-refractivity contribution in [2.75, 3.05) is 52.9 Å². The van der Waals surface area contributed by atoms with Crippen molar-refractivity contribution in [3.05, 3.63) is 0 Å². The van der Waals surface area contributed by atoms with Crippen molar-refractivity contribution in [1.82, 2.24) is 0 Å². The van der Waals surface area contributed by atoms with Gasteiger partial charge in [-0.2, -0.15) is 0 Å². The van der Waals surface area contributed by atoms with Crippen LogP contribution in [0.2, 0.25) is 18.1 Å². The van der Waals surface area contributed by atoms with Gasteiger partial charge in [0.2, 0.25) is 0 Å². The molecule has 0 spiro atoms. The second-order valence-electron chi connectivity index (χ2n) is 13.1. The quantitative estimate of drug-likeness (QED) is 0.0685. The molecule has 0 N–H and O–H groups in total. The molecule has 0 saturated carbocycles. The number of ether oxygens (including phenoxy) is 5. The van der Waals surface area contributed by atoms with Crippen LogP contribution >= 0.6 is 0 Å². The summed E-state index contributed by atoms with van der Waals surface area (Å²) in [5.74, 6) is 1.82. The van der Waals surface area contributed by atoms with E-state index in [4.69, 9.17) is 28.1 Å². The lowest BCUT2D eigenvalue weighted by Gasteiger charge is -2.40. The van der Waals surface area contributed by atoms with Crippen LogP contribution in [0.15, 0.2) is 0 Å². The minimum atomic E-state index is -1.84. The Morgan fingerprint density at radius 3 is 1.45 bits per heavy atom. The van der Waals surface area contributed by atoms with Crippen LogP contribution in [0.25, 0.3) is 0 Å². The van der Waals surface area contributed by atoms with Crippen molar-refractivity contribution in [2.24, 2.45) is 17.8 Å². The average molecular weight is 627 g/mol. The molecule has 6 unspecified atom stereocenters. The van der Waals surface area contributed by atoms with E-state index >= 15 is 0 Å². The summed E-state index contributed by atoms with van der Waals surface area (Å²) < 4.78 is 36.5. The molecule has 3 rings (SSSR count). The van der Waals surface area contributed by atoms with Gasteiger partial charge in [-0.1, -0.05) is 52.9 Å². The maximum Gasteiger partial charge on any atom is 0.193 e. The molecule has 0 aliphatic carbocycles. The predicted octanol–water partition coefficient (Wildman–Crippen LogP) is 7.80. The molecule has 0 aromatic carbocycles. The van der Waals surface area contributed by atoms with E-state index in [0.717, 1.165) is 78.5 Å². The van der Waals surface area contributed by atoms with Crippen molar-refractivity contribution in [2.45, 2.75) is 148 Å². The van der Waals surface area contributed by atoms with Gasteiger partial charge in [0.1, 0.15) is 0 Å². The molecule has 0 amide bonds. The highest BCUT2D eigenvalue weighted by Gasteiger charge is 2.40. The van der Waals surface area contributed by atoms with Gasteiger partial charge in [0.15, 0.2) is 8.32 Å². The van der Waals surface area contributed by atoms with Crippen molar-refractivity contribution < 1.29 is 28.1 Å². The van der Waals surface area contributed by atoms with Gasteiger partial charge in [0.25, 0.3) is 0 Å². The first-order valence-corrected chi connectivity index (χ1v) is 20.3. The Morgan fingerprint density at radius 1 is 0.643 bits per heavy atom. The molecule has 6 atom stereocenters. The third-order valence-electron chi connectivity index (χ3n) is 10.1. The van der Waals surface area contributed by atoms with Gasteiger partial charge in [-0.3, -0.25) is 0 Å². The van der Waals surface area contributed by atoms with Crippen LogP contribution in [0, 0.1) is 17.8 Å². The van der Waals surface area contributed by atoms with Crippen LogP contribution in [0.1, 0.15) is 111 Å². The number of hydrogen-bond acceptors (Lipinski definition) is 6. The fraction of sp³-hybridized carbons (Fsp3) is 1.00. The third-order valence-corrected chi connectivity index (χ3v) is 14.8. The van der Waals surface area contributed by atoms with Gasteiger partial charge < -0.3 is 28.1 Å². The topological polar surface area (TPSA) is 55.4 Å². The lowest BCUT2D eigenvalue weighted by atomic mass is 9.94. The number of hydrogen-bond donors (Lipinski definition) is 0. The van der Waals surface area contributed by atoms with E-state index in [1.165, 1.54) is 75.9 Å². The first kappa shape index (κ1) is 38.4. The zero-order chi connectivity index (χ0) is 29.2. The van der Waals surface area contributed by atoms with E-state index in [1.807, 2.05) is 0 Å². The number of rotatable bonds is 27. The van der Waals surface area contributed by atoms with Crippen molar-refractivity contribution in [3.8, 4) is 0 Å². The van der Waals surface area contributed by atoms with E-state index in [1.54, 1.807) is 0 Å². The summed E-state index contributed by atoms with van der Waals surface area (Å²) in [6.45, 7) is 16.2. The number of unbranched alkanes of at least 4 members (excludes halogenated alkanes) is 4. The molecular weight excluding hydrogens is 561 g/mol. The van der Waals surface area contributed by atoms with Gasteiger partial charge in [-0.25, -0.2) is 0 Å². The smallest absolute Gasteiger partial charge is 0.193 e. The van der Waals surface area contributed by atoms with Crippen LogP contribution in [0.4, 0.5) is 0 Å². The average Bonchev–Trinajstić information content (AvgIpc) is 2.87.